The maximum Gasteiger partial charge on any atom is 0.443 e. The van der Waals surface area contributed by atoms with Gasteiger partial charge in [-0.2, -0.15) is 17.5 Å². The highest BCUT2D eigenvalue weighted by Gasteiger charge is 2.36. The van der Waals surface area contributed by atoms with Crippen LogP contribution in [-0.4, -0.2) is 49.8 Å². The van der Waals surface area contributed by atoms with Gasteiger partial charge in [0.1, 0.15) is 5.82 Å². The molecule has 1 fully saturated rings. The summed E-state index contributed by atoms with van der Waals surface area (Å²) < 4.78 is 65.8. The number of carbonyl (C=O) groups excluding carboxylic acids is 1. The number of benzene rings is 2. The Labute approximate surface area is 192 Å². The van der Waals surface area contributed by atoms with Crippen LogP contribution in [0.4, 0.5) is 19.0 Å². The van der Waals surface area contributed by atoms with E-state index in [-0.39, 0.29) is 36.9 Å². The Hall–Kier alpha value is -2.96. The number of nitrogens with two attached hydrogens (primary N) is 1. The van der Waals surface area contributed by atoms with Crippen molar-refractivity contribution in [2.24, 2.45) is 5.73 Å². The molecule has 2 heterocycles. The first kappa shape index (κ1) is 23.2. The molecule has 0 saturated carbocycles. The zero-order valence-electron chi connectivity index (χ0n) is 17.1. The number of anilines is 1. The molecule has 12 heteroatoms. The number of rotatable bonds is 5. The van der Waals surface area contributed by atoms with E-state index in [1.807, 2.05) is 0 Å². The number of piperazine rings is 1. The number of alkyl halides is 3. The smallest absolute Gasteiger partial charge is 0.366 e. The van der Waals surface area contributed by atoms with E-state index < -0.39 is 27.1 Å². The Morgan fingerprint density at radius 2 is 1.64 bits per heavy atom. The molecular formula is C21H19F3N4O3S2. The lowest BCUT2D eigenvalue weighted by Crippen LogP contribution is -2.48. The van der Waals surface area contributed by atoms with Crippen LogP contribution in [-0.2, 0) is 16.2 Å². The second-order valence-electron chi connectivity index (χ2n) is 7.33. The number of nitrogens with zero attached hydrogens (tertiary/aromatic N) is 3. The van der Waals surface area contributed by atoms with Gasteiger partial charge in [-0.3, -0.25) is 4.79 Å². The molecule has 7 nitrogen and oxygen atoms in total. The van der Waals surface area contributed by atoms with E-state index in [9.17, 15) is 26.4 Å². The Bertz CT molecular complexity index is 1270. The molecule has 3 aromatic rings. The van der Waals surface area contributed by atoms with Gasteiger partial charge in [0.15, 0.2) is 5.01 Å². The first-order chi connectivity index (χ1) is 15.6. The van der Waals surface area contributed by atoms with Crippen molar-refractivity contribution in [3.8, 4) is 11.1 Å². The predicted molar refractivity (Wildman–Crippen MR) is 118 cm³/mol. The maximum atomic E-state index is 13.1. The summed E-state index contributed by atoms with van der Waals surface area (Å²) in [5.41, 5.74) is 7.00. The van der Waals surface area contributed by atoms with Crippen LogP contribution >= 0.6 is 11.3 Å². The van der Waals surface area contributed by atoms with Crippen LogP contribution in [0.3, 0.4) is 0 Å². The molecule has 0 atom stereocenters. The first-order valence-corrected chi connectivity index (χ1v) is 12.2. The molecule has 1 aromatic heterocycles. The van der Waals surface area contributed by atoms with E-state index in [1.165, 1.54) is 21.8 Å². The van der Waals surface area contributed by atoms with Crippen LogP contribution in [0.2, 0.25) is 0 Å². The Morgan fingerprint density at radius 1 is 1.00 bits per heavy atom. The lowest BCUT2D eigenvalue weighted by Gasteiger charge is -2.34. The van der Waals surface area contributed by atoms with Gasteiger partial charge in [0.2, 0.25) is 15.9 Å². The fourth-order valence-corrected chi connectivity index (χ4v) is 5.72. The largest absolute Gasteiger partial charge is 0.443 e. The third kappa shape index (κ3) is 4.72. The van der Waals surface area contributed by atoms with Crippen molar-refractivity contribution >= 4 is 33.1 Å². The van der Waals surface area contributed by atoms with Crippen LogP contribution in [0.25, 0.3) is 11.1 Å². The second kappa shape index (κ2) is 8.76. The molecule has 2 N–H and O–H groups in total. The fraction of sp³-hybridized carbons (Fsp3) is 0.238. The van der Waals surface area contributed by atoms with Gasteiger partial charge in [0, 0.05) is 37.1 Å². The van der Waals surface area contributed by atoms with Crippen molar-refractivity contribution in [1.29, 1.82) is 0 Å². The van der Waals surface area contributed by atoms with Crippen molar-refractivity contribution in [3.05, 3.63) is 64.5 Å². The highest BCUT2D eigenvalue weighted by molar-refractivity contribution is 7.89. The van der Waals surface area contributed by atoms with Crippen molar-refractivity contribution in [2.75, 3.05) is 31.1 Å². The lowest BCUT2D eigenvalue weighted by molar-refractivity contribution is -0.137. The van der Waals surface area contributed by atoms with E-state index in [1.54, 1.807) is 41.3 Å². The summed E-state index contributed by atoms with van der Waals surface area (Å²) in [5.74, 6) is -0.385. The van der Waals surface area contributed by atoms with E-state index in [0.29, 0.717) is 28.0 Å². The minimum atomic E-state index is -4.50. The molecule has 4 rings (SSSR count). The molecular weight excluding hydrogens is 477 g/mol. The van der Waals surface area contributed by atoms with Gasteiger partial charge in [-0.05, 0) is 29.3 Å². The number of primary amides is 1. The lowest BCUT2D eigenvalue weighted by atomic mass is 9.99. The molecule has 0 spiro atoms. The minimum Gasteiger partial charge on any atom is -0.366 e. The van der Waals surface area contributed by atoms with Crippen molar-refractivity contribution in [1.82, 2.24) is 9.29 Å². The monoisotopic (exact) mass is 496 g/mol. The van der Waals surface area contributed by atoms with E-state index in [0.717, 1.165) is 0 Å². The molecule has 0 radical (unpaired) electrons. The van der Waals surface area contributed by atoms with Gasteiger partial charge in [-0.1, -0.05) is 30.3 Å². The van der Waals surface area contributed by atoms with Crippen molar-refractivity contribution in [2.45, 2.75) is 11.1 Å². The van der Waals surface area contributed by atoms with E-state index in [4.69, 9.17) is 5.73 Å². The zero-order chi connectivity index (χ0) is 23.8. The average Bonchev–Trinajstić information content (AvgIpc) is 3.30. The molecule has 0 bridgehead atoms. The second-order valence-corrected chi connectivity index (χ2v) is 10.1. The number of aromatic nitrogens is 1. The summed E-state index contributed by atoms with van der Waals surface area (Å²) in [6.45, 7) is 0.690. The summed E-state index contributed by atoms with van der Waals surface area (Å²) >= 11 is 0.517. The number of carbonyl (C=O) groups is 1. The number of hydrogen-bond donors (Lipinski definition) is 1. The SMILES string of the molecule is NC(=O)c1ccccc1-c1ccc(S(=O)(=O)N2CCN(c3csc(C(F)(F)F)n3)CC2)cc1. The molecule has 0 aliphatic carbocycles. The van der Waals surface area contributed by atoms with Crippen molar-refractivity contribution in [3.63, 3.8) is 0 Å². The van der Waals surface area contributed by atoms with Crippen LogP contribution < -0.4 is 10.6 Å². The summed E-state index contributed by atoms with van der Waals surface area (Å²) in [6, 6.07) is 12.9. The molecule has 1 aliphatic heterocycles. The predicted octanol–water partition coefficient (Wildman–Crippen LogP) is 3.44. The number of amides is 1. The van der Waals surface area contributed by atoms with Crippen LogP contribution in [0, 0.1) is 0 Å². The summed E-state index contributed by atoms with van der Waals surface area (Å²) in [5, 5.41) is 0.404. The van der Waals surface area contributed by atoms with Gasteiger partial charge in [-0.25, -0.2) is 13.4 Å². The zero-order valence-corrected chi connectivity index (χ0v) is 18.8. The van der Waals surface area contributed by atoms with Crippen LogP contribution in [0.15, 0.2) is 58.8 Å². The quantitative estimate of drug-likeness (QED) is 0.584. The van der Waals surface area contributed by atoms with Gasteiger partial charge in [0.25, 0.3) is 0 Å². The number of sulfonamides is 1. The summed E-state index contributed by atoms with van der Waals surface area (Å²) in [4.78, 5) is 17.0. The molecule has 2 aromatic carbocycles. The normalized spacial score (nSPS) is 15.5. The number of halogens is 3. The Kier molecular flexibility index (Phi) is 6.16. The highest BCUT2D eigenvalue weighted by atomic mass is 32.2. The third-order valence-electron chi connectivity index (χ3n) is 5.29. The summed E-state index contributed by atoms with van der Waals surface area (Å²) in [7, 11) is -3.79. The van der Waals surface area contributed by atoms with Crippen LogP contribution in [0.5, 0.6) is 0 Å². The van der Waals surface area contributed by atoms with Gasteiger partial charge < -0.3 is 10.6 Å². The van der Waals surface area contributed by atoms with Crippen LogP contribution in [0.1, 0.15) is 15.4 Å². The third-order valence-corrected chi connectivity index (χ3v) is 8.08. The molecule has 174 valence electrons. The summed E-state index contributed by atoms with van der Waals surface area (Å²) in [6.07, 6.45) is -4.50. The number of hydrogen-bond acceptors (Lipinski definition) is 6. The molecule has 0 unspecified atom stereocenters. The number of thiazole rings is 1. The topological polar surface area (TPSA) is 96.6 Å². The van der Waals surface area contributed by atoms with Gasteiger partial charge in [-0.15, -0.1) is 11.3 Å². The van der Waals surface area contributed by atoms with Crippen molar-refractivity contribution < 1.29 is 26.4 Å². The standard InChI is InChI=1S/C21H19F3N4O3S2/c22-21(23,24)20-26-18(13-32-20)27-9-11-28(12-10-27)33(30,31)15-7-5-14(6-8-15)16-3-1-2-4-17(16)19(25)29/h1-8,13H,9-12H2,(H2,25,29). The molecule has 1 aliphatic rings. The van der Waals surface area contributed by atoms with E-state index >= 15 is 0 Å². The Balaban J connectivity index is 1.47. The first-order valence-electron chi connectivity index (χ1n) is 9.84. The fourth-order valence-electron chi connectivity index (χ4n) is 3.60. The van der Waals surface area contributed by atoms with Gasteiger partial charge in [0.05, 0.1) is 4.90 Å². The molecule has 1 saturated heterocycles. The molecule has 33 heavy (non-hydrogen) atoms. The molecule has 1 amide bonds. The minimum absolute atomic E-state index is 0.0873. The van der Waals surface area contributed by atoms with E-state index in [2.05, 4.69) is 4.98 Å². The van der Waals surface area contributed by atoms with Gasteiger partial charge >= 0.3 is 6.18 Å². The highest BCUT2D eigenvalue weighted by Crippen LogP contribution is 2.34. The Morgan fingerprint density at radius 3 is 2.21 bits per heavy atom. The maximum absolute atomic E-state index is 13.1. The average molecular weight is 497 g/mol.